The average molecular weight is 335 g/mol. The van der Waals surface area contributed by atoms with Crippen LogP contribution in [0, 0.1) is 5.92 Å². The van der Waals surface area contributed by atoms with E-state index in [0.29, 0.717) is 23.9 Å². The fourth-order valence-corrected chi connectivity index (χ4v) is 4.28. The molecule has 1 heterocycles. The summed E-state index contributed by atoms with van der Waals surface area (Å²) in [7, 11) is 1.82. The number of methoxy groups -OCH3 is 1. The average Bonchev–Trinajstić information content (AvgIpc) is 2.63. The van der Waals surface area contributed by atoms with Crippen LogP contribution in [0.3, 0.4) is 0 Å². The number of hydrogen-bond acceptors (Lipinski definition) is 3. The van der Waals surface area contributed by atoms with Crippen molar-refractivity contribution in [2.24, 2.45) is 5.92 Å². The lowest BCUT2D eigenvalue weighted by molar-refractivity contribution is 0.0658. The Labute approximate surface area is 144 Å². The van der Waals surface area contributed by atoms with Gasteiger partial charge >= 0.3 is 0 Å². The van der Waals surface area contributed by atoms with Gasteiger partial charge in [-0.3, -0.25) is 0 Å². The van der Waals surface area contributed by atoms with Crippen molar-refractivity contribution in [3.63, 3.8) is 0 Å². The van der Waals surface area contributed by atoms with Gasteiger partial charge in [0.05, 0.1) is 6.10 Å². The van der Waals surface area contributed by atoms with Crippen LogP contribution in [0.2, 0.25) is 0 Å². The summed E-state index contributed by atoms with van der Waals surface area (Å²) in [6.45, 7) is 0. The Morgan fingerprint density at radius 3 is 2.13 bits per heavy atom. The molecule has 0 unspecified atom stereocenters. The summed E-state index contributed by atoms with van der Waals surface area (Å²) in [6, 6.07) is 0. The van der Waals surface area contributed by atoms with Crippen molar-refractivity contribution in [2.45, 2.75) is 69.3 Å². The van der Waals surface area contributed by atoms with E-state index in [1.165, 1.54) is 44.1 Å². The molecule has 0 bridgehead atoms. The SMILES string of the molecule is COC1CCC(c2cnc(C3CCC(/C=C/Cl)CC3)nc2)CC1. The fraction of sp³-hybridized carbons (Fsp3) is 0.684. The smallest absolute Gasteiger partial charge is 0.131 e. The molecular weight excluding hydrogens is 308 g/mol. The Bertz CT molecular complexity index is 501. The summed E-state index contributed by atoms with van der Waals surface area (Å²) >= 11 is 5.68. The summed E-state index contributed by atoms with van der Waals surface area (Å²) in [5.41, 5.74) is 2.97. The minimum atomic E-state index is 0.448. The van der Waals surface area contributed by atoms with E-state index in [9.17, 15) is 0 Å². The van der Waals surface area contributed by atoms with Crippen LogP contribution in [0.4, 0.5) is 0 Å². The first-order chi connectivity index (χ1) is 11.3. The van der Waals surface area contributed by atoms with Crippen LogP contribution in [0.25, 0.3) is 0 Å². The Morgan fingerprint density at radius 2 is 1.57 bits per heavy atom. The van der Waals surface area contributed by atoms with Gasteiger partial charge in [-0.2, -0.15) is 0 Å². The molecule has 23 heavy (non-hydrogen) atoms. The Hall–Kier alpha value is -0.930. The molecule has 0 N–H and O–H groups in total. The van der Waals surface area contributed by atoms with E-state index >= 15 is 0 Å². The molecule has 0 aromatic carbocycles. The van der Waals surface area contributed by atoms with E-state index < -0.39 is 0 Å². The molecule has 0 saturated heterocycles. The summed E-state index contributed by atoms with van der Waals surface area (Å²) in [4.78, 5) is 9.40. The third kappa shape index (κ3) is 4.33. The van der Waals surface area contributed by atoms with Gasteiger partial charge in [-0.15, -0.1) is 0 Å². The highest BCUT2D eigenvalue weighted by Gasteiger charge is 2.25. The minimum Gasteiger partial charge on any atom is -0.381 e. The monoisotopic (exact) mass is 334 g/mol. The molecule has 0 atom stereocenters. The molecular formula is C19H27ClN2O. The second-order valence-electron chi connectivity index (χ2n) is 7.01. The Balaban J connectivity index is 1.55. The van der Waals surface area contributed by atoms with Crippen LogP contribution in [-0.2, 0) is 4.74 Å². The zero-order valence-corrected chi connectivity index (χ0v) is 14.7. The van der Waals surface area contributed by atoms with E-state index in [1.807, 2.05) is 7.11 Å². The molecule has 2 fully saturated rings. The lowest BCUT2D eigenvalue weighted by Gasteiger charge is -2.28. The normalized spacial score (nSPS) is 32.3. The molecule has 2 aliphatic rings. The second kappa shape index (κ2) is 8.25. The van der Waals surface area contributed by atoms with E-state index in [-0.39, 0.29) is 0 Å². The highest BCUT2D eigenvalue weighted by molar-refractivity contribution is 6.25. The quantitative estimate of drug-likeness (QED) is 0.761. The topological polar surface area (TPSA) is 35.0 Å². The van der Waals surface area contributed by atoms with Crippen molar-refractivity contribution in [1.82, 2.24) is 9.97 Å². The molecule has 4 heteroatoms. The van der Waals surface area contributed by atoms with Gasteiger partial charge in [-0.1, -0.05) is 17.7 Å². The maximum Gasteiger partial charge on any atom is 0.131 e. The van der Waals surface area contributed by atoms with Gasteiger partial charge in [0, 0.05) is 31.0 Å². The zero-order chi connectivity index (χ0) is 16.1. The molecule has 0 amide bonds. The van der Waals surface area contributed by atoms with Crippen LogP contribution in [0.15, 0.2) is 24.0 Å². The molecule has 1 aromatic heterocycles. The van der Waals surface area contributed by atoms with Gasteiger partial charge in [0.2, 0.25) is 0 Å². The minimum absolute atomic E-state index is 0.448. The maximum atomic E-state index is 5.68. The fourth-order valence-electron chi connectivity index (χ4n) is 4.07. The first-order valence-corrected chi connectivity index (χ1v) is 9.35. The first kappa shape index (κ1) is 16.9. The number of aromatic nitrogens is 2. The summed E-state index contributed by atoms with van der Waals surface area (Å²) in [5, 5.41) is 0. The molecule has 0 spiro atoms. The largest absolute Gasteiger partial charge is 0.381 e. The molecule has 2 aliphatic carbocycles. The first-order valence-electron chi connectivity index (χ1n) is 8.91. The lowest BCUT2D eigenvalue weighted by Crippen LogP contribution is -2.20. The van der Waals surface area contributed by atoms with Crippen molar-refractivity contribution >= 4 is 11.6 Å². The van der Waals surface area contributed by atoms with Crippen molar-refractivity contribution < 1.29 is 4.74 Å². The van der Waals surface area contributed by atoms with Crippen LogP contribution in [0.1, 0.15) is 74.6 Å². The third-order valence-electron chi connectivity index (χ3n) is 5.65. The summed E-state index contributed by atoms with van der Waals surface area (Å²) in [5.74, 6) is 2.81. The van der Waals surface area contributed by atoms with E-state index in [4.69, 9.17) is 26.3 Å². The van der Waals surface area contributed by atoms with Gasteiger partial charge < -0.3 is 4.74 Å². The van der Waals surface area contributed by atoms with Crippen LogP contribution in [-0.4, -0.2) is 23.2 Å². The van der Waals surface area contributed by atoms with E-state index in [2.05, 4.69) is 18.5 Å². The molecule has 3 nitrogen and oxygen atoms in total. The molecule has 0 radical (unpaired) electrons. The van der Waals surface area contributed by atoms with Crippen molar-refractivity contribution in [2.75, 3.05) is 7.11 Å². The second-order valence-corrected chi connectivity index (χ2v) is 7.27. The van der Waals surface area contributed by atoms with Crippen molar-refractivity contribution in [3.8, 4) is 0 Å². The zero-order valence-electron chi connectivity index (χ0n) is 14.0. The summed E-state index contributed by atoms with van der Waals surface area (Å²) in [6.07, 6.45) is 16.1. The van der Waals surface area contributed by atoms with Gasteiger partial charge in [0.25, 0.3) is 0 Å². The number of rotatable bonds is 4. The predicted molar refractivity (Wildman–Crippen MR) is 93.7 cm³/mol. The number of allylic oxidation sites excluding steroid dienone is 1. The van der Waals surface area contributed by atoms with Crippen molar-refractivity contribution in [1.29, 1.82) is 0 Å². The van der Waals surface area contributed by atoms with E-state index in [1.54, 1.807) is 5.54 Å². The Morgan fingerprint density at radius 1 is 0.957 bits per heavy atom. The van der Waals surface area contributed by atoms with Gasteiger partial charge in [-0.25, -0.2) is 9.97 Å². The number of halogens is 1. The molecule has 3 rings (SSSR count). The third-order valence-corrected chi connectivity index (χ3v) is 5.80. The van der Waals surface area contributed by atoms with Crippen LogP contribution in [0.5, 0.6) is 0 Å². The molecule has 1 aromatic rings. The van der Waals surface area contributed by atoms with E-state index in [0.717, 1.165) is 18.7 Å². The van der Waals surface area contributed by atoms with Crippen LogP contribution < -0.4 is 0 Å². The van der Waals surface area contributed by atoms with Gasteiger partial charge in [0.15, 0.2) is 0 Å². The van der Waals surface area contributed by atoms with Gasteiger partial charge in [-0.05, 0) is 68.8 Å². The van der Waals surface area contributed by atoms with Crippen LogP contribution >= 0.6 is 11.6 Å². The number of hydrogen-bond donors (Lipinski definition) is 0. The Kier molecular flexibility index (Phi) is 6.07. The predicted octanol–water partition coefficient (Wildman–Crippen LogP) is 5.18. The number of ether oxygens (including phenoxy) is 1. The standard InChI is InChI=1S/C19H27ClN2O/c1-23-18-8-6-15(7-9-18)17-12-21-19(22-13-17)16-4-2-14(3-5-16)10-11-20/h10-16,18H,2-9H2,1H3/b11-10+. The van der Waals surface area contributed by atoms with Crippen molar-refractivity contribution in [3.05, 3.63) is 35.4 Å². The summed E-state index contributed by atoms with van der Waals surface area (Å²) < 4.78 is 5.46. The highest BCUT2D eigenvalue weighted by Crippen LogP contribution is 2.36. The molecule has 126 valence electrons. The number of nitrogens with zero attached hydrogens (tertiary/aromatic N) is 2. The van der Waals surface area contributed by atoms with Gasteiger partial charge in [0.1, 0.15) is 5.82 Å². The maximum absolute atomic E-state index is 5.68. The molecule has 0 aliphatic heterocycles. The lowest BCUT2D eigenvalue weighted by atomic mass is 9.81. The molecule has 2 saturated carbocycles. The highest BCUT2D eigenvalue weighted by atomic mass is 35.5.